The molecule has 1 aromatic carbocycles. The number of nitrogens with one attached hydrogen (secondary N) is 1. The first-order valence-electron chi connectivity index (χ1n) is 5.51. The largest absolute Gasteiger partial charge is 0.480 e. The fourth-order valence-electron chi connectivity index (χ4n) is 1.44. The van der Waals surface area contributed by atoms with Crippen molar-refractivity contribution >= 4 is 33.5 Å². The zero-order chi connectivity index (χ0) is 13.5. The molecule has 5 nitrogen and oxygen atoms in total. The van der Waals surface area contributed by atoms with Gasteiger partial charge in [-0.3, -0.25) is 14.5 Å². The van der Waals surface area contributed by atoms with Crippen LogP contribution in [0.1, 0.15) is 6.92 Å². The van der Waals surface area contributed by atoms with Gasteiger partial charge in [-0.15, -0.1) is 0 Å². The van der Waals surface area contributed by atoms with Crippen molar-refractivity contribution in [1.82, 2.24) is 4.90 Å². The molecule has 0 aliphatic carbocycles. The average Bonchev–Trinajstić information content (AvgIpc) is 2.27. The van der Waals surface area contributed by atoms with E-state index < -0.39 is 5.97 Å². The van der Waals surface area contributed by atoms with Crippen LogP contribution in [0.4, 0.5) is 5.69 Å². The molecule has 0 saturated carbocycles. The molecule has 0 atom stereocenters. The summed E-state index contributed by atoms with van der Waals surface area (Å²) in [6.45, 7) is 2.26. The first-order chi connectivity index (χ1) is 8.51. The summed E-state index contributed by atoms with van der Waals surface area (Å²) in [7, 11) is 0. The van der Waals surface area contributed by atoms with Crippen molar-refractivity contribution in [2.45, 2.75) is 6.92 Å². The molecular weight excluding hydrogens is 300 g/mol. The minimum absolute atomic E-state index is 0.0648. The van der Waals surface area contributed by atoms with Crippen LogP contribution in [-0.4, -0.2) is 41.5 Å². The Balaban J connectivity index is 2.52. The van der Waals surface area contributed by atoms with Crippen LogP contribution >= 0.6 is 15.9 Å². The molecule has 0 saturated heterocycles. The normalized spacial score (nSPS) is 10.4. The molecule has 0 aliphatic rings. The molecule has 0 aromatic heterocycles. The van der Waals surface area contributed by atoms with E-state index in [0.29, 0.717) is 12.2 Å². The van der Waals surface area contributed by atoms with Crippen LogP contribution < -0.4 is 5.32 Å². The van der Waals surface area contributed by atoms with Gasteiger partial charge >= 0.3 is 5.97 Å². The predicted molar refractivity (Wildman–Crippen MR) is 72.5 cm³/mol. The minimum atomic E-state index is -0.938. The van der Waals surface area contributed by atoms with Gasteiger partial charge in [0.1, 0.15) is 0 Å². The summed E-state index contributed by atoms with van der Waals surface area (Å²) in [6, 6.07) is 7.23. The third kappa shape index (κ3) is 5.29. The first-order valence-corrected chi connectivity index (χ1v) is 6.30. The molecule has 18 heavy (non-hydrogen) atoms. The number of benzene rings is 1. The van der Waals surface area contributed by atoms with Gasteiger partial charge in [0, 0.05) is 10.2 Å². The number of amides is 1. The van der Waals surface area contributed by atoms with Gasteiger partial charge in [0.05, 0.1) is 13.1 Å². The molecule has 98 valence electrons. The second-order valence-electron chi connectivity index (χ2n) is 3.76. The van der Waals surface area contributed by atoms with E-state index in [9.17, 15) is 9.59 Å². The molecule has 0 unspecified atom stereocenters. The van der Waals surface area contributed by atoms with Crippen molar-refractivity contribution < 1.29 is 14.7 Å². The topological polar surface area (TPSA) is 69.6 Å². The summed E-state index contributed by atoms with van der Waals surface area (Å²) in [5.41, 5.74) is 0.681. The van der Waals surface area contributed by atoms with Crippen molar-refractivity contribution in [2.24, 2.45) is 0 Å². The van der Waals surface area contributed by atoms with E-state index in [4.69, 9.17) is 5.11 Å². The highest BCUT2D eigenvalue weighted by atomic mass is 79.9. The van der Waals surface area contributed by atoms with Gasteiger partial charge in [-0.1, -0.05) is 28.9 Å². The average molecular weight is 315 g/mol. The third-order valence-corrected chi connectivity index (χ3v) is 2.77. The SMILES string of the molecule is CCN(CC(=O)O)CC(=O)Nc1cccc(Br)c1. The Kier molecular flexibility index (Phi) is 5.80. The van der Waals surface area contributed by atoms with Crippen LogP contribution in [0.5, 0.6) is 0 Å². The lowest BCUT2D eigenvalue weighted by molar-refractivity contribution is -0.138. The zero-order valence-electron chi connectivity index (χ0n) is 10.0. The summed E-state index contributed by atoms with van der Waals surface area (Å²) >= 11 is 3.31. The third-order valence-electron chi connectivity index (χ3n) is 2.28. The van der Waals surface area contributed by atoms with Gasteiger partial charge in [0.2, 0.25) is 5.91 Å². The fourth-order valence-corrected chi connectivity index (χ4v) is 1.84. The molecule has 1 amide bonds. The Bertz CT molecular complexity index is 437. The Morgan fingerprint density at radius 3 is 2.67 bits per heavy atom. The Morgan fingerprint density at radius 1 is 1.39 bits per heavy atom. The van der Waals surface area contributed by atoms with Crippen molar-refractivity contribution in [2.75, 3.05) is 25.0 Å². The van der Waals surface area contributed by atoms with Gasteiger partial charge in [-0.2, -0.15) is 0 Å². The van der Waals surface area contributed by atoms with Gasteiger partial charge in [-0.05, 0) is 24.7 Å². The van der Waals surface area contributed by atoms with Crippen molar-refractivity contribution in [3.05, 3.63) is 28.7 Å². The number of likely N-dealkylation sites (N-methyl/N-ethyl adjacent to an activating group) is 1. The van der Waals surface area contributed by atoms with Crippen LogP contribution in [0.2, 0.25) is 0 Å². The van der Waals surface area contributed by atoms with Crippen molar-refractivity contribution in [3.8, 4) is 0 Å². The maximum Gasteiger partial charge on any atom is 0.317 e. The number of carbonyl (C=O) groups is 2. The predicted octanol–water partition coefficient (Wildman–Crippen LogP) is 1.79. The van der Waals surface area contributed by atoms with Crippen LogP contribution in [0, 0.1) is 0 Å². The van der Waals surface area contributed by atoms with E-state index in [0.717, 1.165) is 4.47 Å². The number of aliphatic carboxylic acids is 1. The maximum absolute atomic E-state index is 11.7. The summed E-state index contributed by atoms with van der Waals surface area (Å²) in [5.74, 6) is -1.16. The summed E-state index contributed by atoms with van der Waals surface area (Å²) in [5, 5.41) is 11.4. The summed E-state index contributed by atoms with van der Waals surface area (Å²) < 4.78 is 0.873. The Morgan fingerprint density at radius 2 is 2.11 bits per heavy atom. The lowest BCUT2D eigenvalue weighted by Gasteiger charge is -2.17. The van der Waals surface area contributed by atoms with Crippen LogP contribution in [-0.2, 0) is 9.59 Å². The van der Waals surface area contributed by atoms with E-state index in [-0.39, 0.29) is 19.0 Å². The highest BCUT2D eigenvalue weighted by Crippen LogP contribution is 2.15. The highest BCUT2D eigenvalue weighted by molar-refractivity contribution is 9.10. The minimum Gasteiger partial charge on any atom is -0.480 e. The number of nitrogens with zero attached hydrogens (tertiary/aromatic N) is 1. The second kappa shape index (κ2) is 7.13. The number of anilines is 1. The molecule has 1 rings (SSSR count). The van der Waals surface area contributed by atoms with E-state index >= 15 is 0 Å². The van der Waals surface area contributed by atoms with E-state index in [1.165, 1.54) is 0 Å². The molecule has 2 N–H and O–H groups in total. The molecule has 0 radical (unpaired) electrons. The number of hydrogen-bond donors (Lipinski definition) is 2. The molecular formula is C12H15BrN2O3. The fraction of sp³-hybridized carbons (Fsp3) is 0.333. The first kappa shape index (κ1) is 14.7. The molecule has 0 bridgehead atoms. The Labute approximate surface area is 114 Å². The van der Waals surface area contributed by atoms with E-state index in [1.54, 1.807) is 17.0 Å². The molecule has 6 heteroatoms. The highest BCUT2D eigenvalue weighted by Gasteiger charge is 2.12. The second-order valence-corrected chi connectivity index (χ2v) is 4.67. The quantitative estimate of drug-likeness (QED) is 0.840. The van der Waals surface area contributed by atoms with Gasteiger partial charge in [-0.25, -0.2) is 0 Å². The lowest BCUT2D eigenvalue weighted by atomic mass is 10.3. The summed E-state index contributed by atoms with van der Waals surface area (Å²) in [4.78, 5) is 23.8. The molecule has 0 aliphatic heterocycles. The van der Waals surface area contributed by atoms with Crippen LogP contribution in [0.3, 0.4) is 0 Å². The molecule has 0 spiro atoms. The number of carboxylic acids is 1. The number of hydrogen-bond acceptors (Lipinski definition) is 3. The van der Waals surface area contributed by atoms with Crippen LogP contribution in [0.15, 0.2) is 28.7 Å². The lowest BCUT2D eigenvalue weighted by Crippen LogP contribution is -2.36. The van der Waals surface area contributed by atoms with Crippen molar-refractivity contribution in [3.63, 3.8) is 0 Å². The van der Waals surface area contributed by atoms with Gasteiger partial charge in [0.25, 0.3) is 0 Å². The number of carboxylic acid groups (broad SMARTS) is 1. The monoisotopic (exact) mass is 314 g/mol. The molecule has 0 fully saturated rings. The number of rotatable bonds is 6. The zero-order valence-corrected chi connectivity index (χ0v) is 11.6. The van der Waals surface area contributed by atoms with E-state index in [1.807, 2.05) is 19.1 Å². The Hall–Kier alpha value is -1.40. The molecule has 0 heterocycles. The van der Waals surface area contributed by atoms with E-state index in [2.05, 4.69) is 21.2 Å². The molecule has 1 aromatic rings. The maximum atomic E-state index is 11.7. The van der Waals surface area contributed by atoms with Crippen LogP contribution in [0.25, 0.3) is 0 Å². The van der Waals surface area contributed by atoms with Gasteiger partial charge < -0.3 is 10.4 Å². The number of halogens is 1. The number of carbonyl (C=O) groups excluding carboxylic acids is 1. The van der Waals surface area contributed by atoms with Gasteiger partial charge in [0.15, 0.2) is 0 Å². The summed E-state index contributed by atoms with van der Waals surface area (Å²) in [6.07, 6.45) is 0. The van der Waals surface area contributed by atoms with Crippen molar-refractivity contribution in [1.29, 1.82) is 0 Å². The smallest absolute Gasteiger partial charge is 0.317 e. The standard InChI is InChI=1S/C12H15BrN2O3/c1-2-15(8-12(17)18)7-11(16)14-10-5-3-4-9(13)6-10/h3-6H,2,7-8H2,1H3,(H,14,16)(H,17,18).